The number of carboxylic acid groups (broad SMARTS) is 1. The van der Waals surface area contributed by atoms with E-state index in [1.165, 1.54) is 13.5 Å². The molecule has 5 rings (SSSR count). The van der Waals surface area contributed by atoms with Crippen molar-refractivity contribution in [2.45, 2.75) is 37.8 Å². The van der Waals surface area contributed by atoms with Gasteiger partial charge in [-0.1, -0.05) is 11.6 Å². The molecule has 0 aliphatic carbocycles. The molecule has 0 aromatic heterocycles. The molecule has 0 bridgehead atoms. The van der Waals surface area contributed by atoms with E-state index in [-0.39, 0.29) is 63.2 Å². The van der Waals surface area contributed by atoms with Gasteiger partial charge in [-0.15, -0.1) is 0 Å². The molecule has 4 fully saturated rings. The fourth-order valence-corrected chi connectivity index (χ4v) is 8.06. The Kier molecular flexibility index (Phi) is 8.62. The van der Waals surface area contributed by atoms with E-state index in [1.54, 1.807) is 0 Å². The Labute approximate surface area is 246 Å². The van der Waals surface area contributed by atoms with Gasteiger partial charge in [0.1, 0.15) is 17.7 Å². The van der Waals surface area contributed by atoms with E-state index in [1.807, 2.05) is 6.07 Å². The highest BCUT2D eigenvalue weighted by Crippen LogP contribution is 2.35. The Balaban J connectivity index is 1.29. The molecule has 0 spiro atoms. The molecular formula is C26H31ClF2N6O6S. The highest BCUT2D eigenvalue weighted by molar-refractivity contribution is 7.86. The largest absolute Gasteiger partial charge is 0.465 e. The van der Waals surface area contributed by atoms with Gasteiger partial charge in [-0.2, -0.15) is 22.3 Å². The summed E-state index contributed by atoms with van der Waals surface area (Å²) >= 11 is 5.71. The van der Waals surface area contributed by atoms with Crippen molar-refractivity contribution in [2.24, 2.45) is 17.8 Å². The molecule has 0 saturated carbocycles. The third-order valence-corrected chi connectivity index (χ3v) is 10.8. The molecular weight excluding hydrogens is 598 g/mol. The van der Waals surface area contributed by atoms with Gasteiger partial charge in [-0.25, -0.2) is 13.6 Å². The number of amides is 3. The first-order valence-corrected chi connectivity index (χ1v) is 15.6. The van der Waals surface area contributed by atoms with Crippen molar-refractivity contribution < 1.29 is 36.7 Å². The number of hydrogen-bond donors (Lipinski definition) is 2. The fraction of sp³-hybridized carbons (Fsp3) is 0.615. The molecule has 2 unspecified atom stereocenters. The maximum absolute atomic E-state index is 14.9. The SMILES string of the molecule is N#CC1CN(S(=O)(=O)N2CCCC(C(=O)N3CCCC3C(=O)N[C@@H](c3cc(F)c(Cl)cc3F)C3CN(C(=O)O)C3)C2)C1. The third kappa shape index (κ3) is 5.77. The lowest BCUT2D eigenvalue weighted by atomic mass is 9.86. The van der Waals surface area contributed by atoms with Gasteiger partial charge in [0.25, 0.3) is 10.2 Å². The standard InChI is InChI=1S/C26H31ClF2N6O6S/c27-19-8-20(28)18(7-21(19)29)23(17-12-32(13-17)26(38)39)31-24(36)22-4-2-6-35(22)25(37)16-3-1-5-33(14-16)42(40,41)34-10-15(9-30)11-34/h7-8,15-17,22-23H,1-6,10-14H2,(H,31,36)(H,38,39)/t16?,22?,23-/m1/s1. The highest BCUT2D eigenvalue weighted by Gasteiger charge is 2.45. The van der Waals surface area contributed by atoms with Crippen molar-refractivity contribution in [1.82, 2.24) is 23.7 Å². The summed E-state index contributed by atoms with van der Waals surface area (Å²) in [4.78, 5) is 41.0. The van der Waals surface area contributed by atoms with E-state index < -0.39 is 62.8 Å². The average Bonchev–Trinajstić information content (AvgIpc) is 3.38. The molecule has 1 aromatic rings. The molecule has 1 aromatic carbocycles. The molecule has 4 aliphatic rings. The number of piperidine rings is 1. The van der Waals surface area contributed by atoms with Crippen molar-refractivity contribution in [3.05, 3.63) is 34.4 Å². The average molecular weight is 629 g/mol. The van der Waals surface area contributed by atoms with Crippen molar-refractivity contribution >= 4 is 39.7 Å². The van der Waals surface area contributed by atoms with Crippen molar-refractivity contribution in [3.8, 4) is 6.07 Å². The third-order valence-electron chi connectivity index (χ3n) is 8.58. The first-order chi connectivity index (χ1) is 19.9. The van der Waals surface area contributed by atoms with Crippen LogP contribution in [0.3, 0.4) is 0 Å². The van der Waals surface area contributed by atoms with E-state index in [4.69, 9.17) is 16.9 Å². The van der Waals surface area contributed by atoms with E-state index in [0.29, 0.717) is 25.7 Å². The first kappa shape index (κ1) is 30.4. The summed E-state index contributed by atoms with van der Waals surface area (Å²) in [7, 11) is -3.82. The Morgan fingerprint density at radius 1 is 1.02 bits per heavy atom. The Morgan fingerprint density at radius 2 is 1.71 bits per heavy atom. The molecule has 12 nitrogen and oxygen atoms in total. The predicted octanol–water partition coefficient (Wildman–Crippen LogP) is 1.79. The van der Waals surface area contributed by atoms with Crippen LogP contribution in [0.2, 0.25) is 5.02 Å². The summed E-state index contributed by atoms with van der Waals surface area (Å²) in [6, 6.07) is 1.75. The number of carbonyl (C=O) groups excluding carboxylic acids is 2. The second-order valence-corrected chi connectivity index (χ2v) is 13.6. The van der Waals surface area contributed by atoms with Crippen LogP contribution in [0.15, 0.2) is 12.1 Å². The van der Waals surface area contributed by atoms with Crippen LogP contribution in [0.1, 0.15) is 37.3 Å². The smallest absolute Gasteiger partial charge is 0.407 e. The number of nitriles is 1. The zero-order valence-corrected chi connectivity index (χ0v) is 24.2. The van der Waals surface area contributed by atoms with Crippen LogP contribution in [-0.4, -0.2) is 102 Å². The minimum atomic E-state index is -3.82. The lowest BCUT2D eigenvalue weighted by Crippen LogP contribution is -2.58. The quantitative estimate of drug-likeness (QED) is 0.436. The monoisotopic (exact) mass is 628 g/mol. The lowest BCUT2D eigenvalue weighted by Gasteiger charge is -2.43. The minimum absolute atomic E-state index is 0.00418. The van der Waals surface area contributed by atoms with Gasteiger partial charge in [-0.05, 0) is 37.8 Å². The van der Waals surface area contributed by atoms with Crippen LogP contribution in [0.4, 0.5) is 13.6 Å². The van der Waals surface area contributed by atoms with Crippen molar-refractivity contribution in [2.75, 3.05) is 45.8 Å². The molecule has 16 heteroatoms. The molecule has 0 radical (unpaired) electrons. The van der Waals surface area contributed by atoms with Gasteiger partial charge in [-0.3, -0.25) is 9.59 Å². The van der Waals surface area contributed by atoms with Crippen LogP contribution >= 0.6 is 11.6 Å². The number of carbonyl (C=O) groups is 3. The molecule has 2 N–H and O–H groups in total. The number of benzene rings is 1. The fourth-order valence-electron chi connectivity index (χ4n) is 6.12. The summed E-state index contributed by atoms with van der Waals surface area (Å²) in [6.07, 6.45) is 0.579. The van der Waals surface area contributed by atoms with E-state index in [0.717, 1.165) is 17.0 Å². The summed E-state index contributed by atoms with van der Waals surface area (Å²) in [6.45, 7) is 0.723. The number of likely N-dealkylation sites (tertiary alicyclic amines) is 2. The number of hydrogen-bond acceptors (Lipinski definition) is 6. The molecule has 4 heterocycles. The van der Waals surface area contributed by atoms with Gasteiger partial charge >= 0.3 is 6.09 Å². The van der Waals surface area contributed by atoms with Gasteiger partial charge in [0.15, 0.2) is 0 Å². The molecule has 4 saturated heterocycles. The number of nitrogens with zero attached hydrogens (tertiary/aromatic N) is 5. The Morgan fingerprint density at radius 3 is 2.38 bits per heavy atom. The summed E-state index contributed by atoms with van der Waals surface area (Å²) in [5.74, 6) is -4.23. The van der Waals surface area contributed by atoms with E-state index in [9.17, 15) is 36.7 Å². The number of halogens is 3. The van der Waals surface area contributed by atoms with Crippen LogP contribution in [0, 0.1) is 40.7 Å². The van der Waals surface area contributed by atoms with E-state index >= 15 is 0 Å². The van der Waals surface area contributed by atoms with Crippen LogP contribution in [0.5, 0.6) is 0 Å². The van der Waals surface area contributed by atoms with Crippen molar-refractivity contribution in [3.63, 3.8) is 0 Å². The van der Waals surface area contributed by atoms with Gasteiger partial charge in [0.2, 0.25) is 11.8 Å². The van der Waals surface area contributed by atoms with Crippen LogP contribution < -0.4 is 5.32 Å². The highest BCUT2D eigenvalue weighted by atomic mass is 35.5. The van der Waals surface area contributed by atoms with E-state index in [2.05, 4.69) is 5.32 Å². The predicted molar refractivity (Wildman–Crippen MR) is 144 cm³/mol. The number of rotatable bonds is 7. The second-order valence-electron chi connectivity index (χ2n) is 11.3. The zero-order valence-electron chi connectivity index (χ0n) is 22.6. The molecule has 228 valence electrons. The molecule has 3 amide bonds. The summed E-state index contributed by atoms with van der Waals surface area (Å²) in [5, 5.41) is 20.5. The molecule has 4 aliphatic heterocycles. The van der Waals surface area contributed by atoms with Gasteiger partial charge in [0, 0.05) is 57.3 Å². The second kappa shape index (κ2) is 11.9. The lowest BCUT2D eigenvalue weighted by molar-refractivity contribution is -0.143. The maximum atomic E-state index is 14.9. The number of nitrogens with one attached hydrogen (secondary N) is 1. The van der Waals surface area contributed by atoms with Crippen LogP contribution in [-0.2, 0) is 19.8 Å². The summed E-state index contributed by atoms with van der Waals surface area (Å²) in [5.41, 5.74) is -0.172. The minimum Gasteiger partial charge on any atom is -0.465 e. The Hall–Kier alpha value is -3.06. The molecule has 42 heavy (non-hydrogen) atoms. The normalized spacial score (nSPS) is 24.9. The maximum Gasteiger partial charge on any atom is 0.407 e. The topological polar surface area (TPSA) is 154 Å². The Bertz CT molecular complexity index is 1410. The van der Waals surface area contributed by atoms with Gasteiger partial charge < -0.3 is 20.2 Å². The zero-order chi connectivity index (χ0) is 30.3. The first-order valence-electron chi connectivity index (χ1n) is 13.8. The van der Waals surface area contributed by atoms with Crippen molar-refractivity contribution in [1.29, 1.82) is 5.26 Å². The van der Waals surface area contributed by atoms with Crippen LogP contribution in [0.25, 0.3) is 0 Å². The van der Waals surface area contributed by atoms with Gasteiger partial charge in [0.05, 0.1) is 29.0 Å². The summed E-state index contributed by atoms with van der Waals surface area (Å²) < 4.78 is 57.8. The molecule has 3 atom stereocenters.